The summed E-state index contributed by atoms with van der Waals surface area (Å²) in [5, 5.41) is 4.15. The van der Waals surface area contributed by atoms with Crippen molar-refractivity contribution in [3.63, 3.8) is 0 Å². The molecule has 0 aliphatic carbocycles. The van der Waals surface area contributed by atoms with Gasteiger partial charge in [0, 0.05) is 12.1 Å². The van der Waals surface area contributed by atoms with Gasteiger partial charge in [-0.2, -0.15) is 0 Å². The van der Waals surface area contributed by atoms with E-state index in [0.717, 1.165) is 34.4 Å². The third-order valence-corrected chi connectivity index (χ3v) is 5.32. The van der Waals surface area contributed by atoms with E-state index < -0.39 is 6.04 Å². The number of rotatable bonds is 3. The normalized spacial score (nSPS) is 17.2. The zero-order chi connectivity index (χ0) is 18.8. The van der Waals surface area contributed by atoms with Crippen LogP contribution in [0.15, 0.2) is 54.6 Å². The Morgan fingerprint density at radius 3 is 2.48 bits per heavy atom. The number of fused-ring (bicyclic) bond motifs is 3. The first-order valence-corrected chi connectivity index (χ1v) is 9.59. The molecule has 4 heteroatoms. The van der Waals surface area contributed by atoms with Crippen LogP contribution in [0, 0.1) is 0 Å². The highest BCUT2D eigenvalue weighted by Crippen LogP contribution is 2.31. The Labute approximate surface area is 158 Å². The van der Waals surface area contributed by atoms with Gasteiger partial charge in [-0.25, -0.2) is 4.79 Å². The van der Waals surface area contributed by atoms with Gasteiger partial charge >= 0.3 is 5.97 Å². The third kappa shape index (κ3) is 3.16. The fourth-order valence-electron chi connectivity index (χ4n) is 4.04. The second-order valence-corrected chi connectivity index (χ2v) is 6.95. The van der Waals surface area contributed by atoms with Gasteiger partial charge in [-0.3, -0.25) is 4.79 Å². The maximum Gasteiger partial charge on any atom is 0.328 e. The van der Waals surface area contributed by atoms with Crippen molar-refractivity contribution in [1.82, 2.24) is 4.90 Å². The van der Waals surface area contributed by atoms with Gasteiger partial charge < -0.3 is 9.64 Å². The highest BCUT2D eigenvalue weighted by molar-refractivity contribution is 6.17. The minimum Gasteiger partial charge on any atom is -0.464 e. The number of amides is 1. The number of carbonyl (C=O) groups is 2. The molecule has 1 saturated heterocycles. The molecular formula is C23H23NO3. The molecule has 1 aliphatic heterocycles. The number of hydrogen-bond acceptors (Lipinski definition) is 3. The Hall–Kier alpha value is -2.88. The second kappa shape index (κ2) is 7.39. The van der Waals surface area contributed by atoms with Gasteiger partial charge in [-0.1, -0.05) is 48.5 Å². The van der Waals surface area contributed by atoms with Crippen LogP contribution in [0.2, 0.25) is 0 Å². The molecule has 27 heavy (non-hydrogen) atoms. The van der Waals surface area contributed by atoms with Crippen LogP contribution in [0.4, 0.5) is 0 Å². The van der Waals surface area contributed by atoms with Crippen molar-refractivity contribution in [3.05, 3.63) is 60.2 Å². The molecule has 0 saturated carbocycles. The van der Waals surface area contributed by atoms with E-state index in [2.05, 4.69) is 6.07 Å². The predicted molar refractivity (Wildman–Crippen MR) is 107 cm³/mol. The quantitative estimate of drug-likeness (QED) is 0.508. The average molecular weight is 361 g/mol. The maximum atomic E-state index is 13.5. The Balaban J connectivity index is 1.82. The number of nitrogens with zero attached hydrogens (tertiary/aromatic N) is 1. The molecule has 0 aromatic heterocycles. The van der Waals surface area contributed by atoms with Crippen molar-refractivity contribution in [2.24, 2.45) is 0 Å². The van der Waals surface area contributed by atoms with E-state index in [0.29, 0.717) is 25.1 Å². The molecule has 1 amide bonds. The van der Waals surface area contributed by atoms with Gasteiger partial charge in [0.25, 0.3) is 5.91 Å². The fraction of sp³-hybridized carbons (Fsp3) is 0.304. The van der Waals surface area contributed by atoms with Crippen LogP contribution in [0.3, 0.4) is 0 Å². The number of hydrogen-bond donors (Lipinski definition) is 0. The number of esters is 1. The minimum atomic E-state index is -0.489. The van der Waals surface area contributed by atoms with Crippen molar-refractivity contribution in [3.8, 4) is 0 Å². The largest absolute Gasteiger partial charge is 0.464 e. The topological polar surface area (TPSA) is 46.6 Å². The van der Waals surface area contributed by atoms with Crippen LogP contribution in [-0.2, 0) is 9.53 Å². The zero-order valence-corrected chi connectivity index (χ0v) is 15.5. The molecule has 4 rings (SSSR count). The molecule has 4 nitrogen and oxygen atoms in total. The Morgan fingerprint density at radius 1 is 1.00 bits per heavy atom. The lowest BCUT2D eigenvalue weighted by molar-refractivity contribution is -0.149. The lowest BCUT2D eigenvalue weighted by Crippen LogP contribution is -2.48. The van der Waals surface area contributed by atoms with Gasteiger partial charge in [0.2, 0.25) is 0 Å². The minimum absolute atomic E-state index is 0.0882. The highest BCUT2D eigenvalue weighted by Gasteiger charge is 2.34. The zero-order valence-electron chi connectivity index (χ0n) is 15.5. The Morgan fingerprint density at radius 2 is 1.70 bits per heavy atom. The number of ether oxygens (including phenoxy) is 1. The van der Waals surface area contributed by atoms with Gasteiger partial charge in [0.15, 0.2) is 0 Å². The number of benzene rings is 3. The molecule has 3 aromatic carbocycles. The molecule has 0 N–H and O–H groups in total. The van der Waals surface area contributed by atoms with E-state index in [1.165, 1.54) is 0 Å². The molecule has 3 aromatic rings. The van der Waals surface area contributed by atoms with Crippen LogP contribution in [0.1, 0.15) is 36.5 Å². The first-order valence-electron chi connectivity index (χ1n) is 9.59. The van der Waals surface area contributed by atoms with Gasteiger partial charge in [0.05, 0.1) is 6.61 Å². The van der Waals surface area contributed by atoms with E-state index in [-0.39, 0.29) is 11.9 Å². The van der Waals surface area contributed by atoms with Crippen molar-refractivity contribution in [2.45, 2.75) is 32.2 Å². The molecule has 0 spiro atoms. The molecule has 0 bridgehead atoms. The average Bonchev–Trinajstić information content (AvgIpc) is 2.73. The van der Waals surface area contributed by atoms with Crippen LogP contribution in [-0.4, -0.2) is 36.0 Å². The third-order valence-electron chi connectivity index (χ3n) is 5.32. The van der Waals surface area contributed by atoms with Crippen LogP contribution < -0.4 is 0 Å². The Kier molecular flexibility index (Phi) is 4.80. The predicted octanol–water partition coefficient (Wildman–Crippen LogP) is 4.55. The lowest BCUT2D eigenvalue weighted by Gasteiger charge is -2.34. The molecule has 1 heterocycles. The van der Waals surface area contributed by atoms with E-state index in [1.54, 1.807) is 11.8 Å². The highest BCUT2D eigenvalue weighted by atomic mass is 16.5. The summed E-state index contributed by atoms with van der Waals surface area (Å²) in [4.78, 5) is 27.6. The van der Waals surface area contributed by atoms with Crippen LogP contribution in [0.5, 0.6) is 0 Å². The fourth-order valence-corrected chi connectivity index (χ4v) is 4.04. The monoisotopic (exact) mass is 361 g/mol. The number of piperidine rings is 1. The van der Waals surface area contributed by atoms with Crippen molar-refractivity contribution in [2.75, 3.05) is 13.2 Å². The second-order valence-electron chi connectivity index (χ2n) is 6.95. The molecule has 1 fully saturated rings. The Bertz CT molecular complexity index is 1010. The molecule has 1 unspecified atom stereocenters. The van der Waals surface area contributed by atoms with Crippen molar-refractivity contribution in [1.29, 1.82) is 0 Å². The first-order chi connectivity index (χ1) is 13.2. The van der Waals surface area contributed by atoms with Gasteiger partial charge in [-0.05, 0) is 53.8 Å². The number of carbonyl (C=O) groups excluding carboxylic acids is 2. The van der Waals surface area contributed by atoms with E-state index in [4.69, 9.17) is 4.74 Å². The molecule has 0 radical (unpaired) electrons. The summed E-state index contributed by atoms with van der Waals surface area (Å²) in [5.41, 5.74) is 0.653. The maximum absolute atomic E-state index is 13.5. The van der Waals surface area contributed by atoms with Crippen LogP contribution in [0.25, 0.3) is 21.5 Å². The van der Waals surface area contributed by atoms with Crippen molar-refractivity contribution >= 4 is 33.4 Å². The SMILES string of the molecule is CCOC(=O)C1CCCCN1C(=O)c1cc2ccccc2c2ccccc12. The van der Waals surface area contributed by atoms with E-state index >= 15 is 0 Å². The smallest absolute Gasteiger partial charge is 0.328 e. The molecule has 1 aliphatic rings. The van der Waals surface area contributed by atoms with E-state index in [9.17, 15) is 9.59 Å². The molecule has 1 atom stereocenters. The summed E-state index contributed by atoms with van der Waals surface area (Å²) >= 11 is 0. The summed E-state index contributed by atoms with van der Waals surface area (Å²) in [6.07, 6.45) is 2.51. The van der Waals surface area contributed by atoms with Gasteiger partial charge in [-0.15, -0.1) is 0 Å². The summed E-state index contributed by atoms with van der Waals surface area (Å²) in [5.74, 6) is -0.384. The first kappa shape index (κ1) is 17.5. The number of likely N-dealkylation sites (tertiary alicyclic amines) is 1. The lowest BCUT2D eigenvalue weighted by atomic mass is 9.95. The summed E-state index contributed by atoms with van der Waals surface area (Å²) in [6, 6.07) is 17.5. The summed E-state index contributed by atoms with van der Waals surface area (Å²) < 4.78 is 5.22. The van der Waals surface area contributed by atoms with Crippen molar-refractivity contribution < 1.29 is 14.3 Å². The van der Waals surface area contributed by atoms with Crippen LogP contribution >= 0.6 is 0 Å². The van der Waals surface area contributed by atoms with E-state index in [1.807, 2.05) is 48.5 Å². The molecular weight excluding hydrogens is 338 g/mol. The summed E-state index contributed by atoms with van der Waals surface area (Å²) in [6.45, 7) is 2.71. The summed E-state index contributed by atoms with van der Waals surface area (Å²) in [7, 11) is 0. The standard InChI is InChI=1S/C23H23NO3/c1-2-27-23(26)21-13-7-8-14-24(21)22(25)20-15-16-9-3-4-10-17(16)18-11-5-6-12-19(18)20/h3-6,9-12,15,21H,2,7-8,13-14H2,1H3. The van der Waals surface area contributed by atoms with Gasteiger partial charge in [0.1, 0.15) is 6.04 Å². The molecule has 138 valence electrons.